The Hall–Kier alpha value is -0.760. The normalized spacial score (nSPS) is 13.6. The summed E-state index contributed by atoms with van der Waals surface area (Å²) in [5.74, 6) is 2.66. The number of rotatable bonds is 4. The summed E-state index contributed by atoms with van der Waals surface area (Å²) in [6, 6.07) is 4.55. The third kappa shape index (κ3) is 3.23. The van der Waals surface area contributed by atoms with Crippen molar-refractivity contribution < 1.29 is 4.42 Å². The van der Waals surface area contributed by atoms with E-state index in [1.165, 1.54) is 0 Å². The van der Waals surface area contributed by atoms with Gasteiger partial charge >= 0.3 is 0 Å². The van der Waals surface area contributed by atoms with Gasteiger partial charge in [0.15, 0.2) is 0 Å². The highest BCUT2D eigenvalue weighted by Crippen LogP contribution is 2.07. The zero-order valence-corrected chi connectivity index (χ0v) is 8.92. The summed E-state index contributed by atoms with van der Waals surface area (Å²) in [6.07, 6.45) is 0. The maximum absolute atomic E-state index is 5.45. The lowest BCUT2D eigenvalue weighted by molar-refractivity contribution is 0.391. The lowest BCUT2D eigenvalue weighted by Crippen LogP contribution is -2.29. The van der Waals surface area contributed by atoms with Gasteiger partial charge in [0.1, 0.15) is 11.5 Å². The molecule has 74 valence electrons. The number of nitrogens with one attached hydrogen (secondary N) is 1. The van der Waals surface area contributed by atoms with Gasteiger partial charge in [-0.3, -0.25) is 0 Å². The van der Waals surface area contributed by atoms with Crippen molar-refractivity contribution in [3.63, 3.8) is 0 Å². The zero-order chi connectivity index (χ0) is 9.84. The van der Waals surface area contributed by atoms with Gasteiger partial charge in [-0.2, -0.15) is 0 Å². The van der Waals surface area contributed by atoms with Crippen LogP contribution in [0.1, 0.15) is 32.3 Å². The molecule has 0 saturated carbocycles. The molecule has 0 bridgehead atoms. The van der Waals surface area contributed by atoms with Crippen LogP contribution < -0.4 is 5.32 Å². The van der Waals surface area contributed by atoms with E-state index < -0.39 is 0 Å². The van der Waals surface area contributed by atoms with Crippen molar-refractivity contribution >= 4 is 0 Å². The molecule has 1 N–H and O–H groups in total. The molecule has 1 rings (SSSR count). The van der Waals surface area contributed by atoms with E-state index in [0.29, 0.717) is 12.0 Å². The van der Waals surface area contributed by atoms with Crippen LogP contribution in [-0.2, 0) is 6.54 Å². The Bertz CT molecular complexity index is 252. The standard InChI is InChI=1S/C11H19NO/c1-8(2)10(4)12-7-11-6-5-9(3)13-11/h5-6,8,10,12H,7H2,1-4H3. The Morgan fingerprint density at radius 3 is 2.46 bits per heavy atom. The van der Waals surface area contributed by atoms with Gasteiger partial charge in [0.25, 0.3) is 0 Å². The highest BCUT2D eigenvalue weighted by atomic mass is 16.3. The maximum atomic E-state index is 5.45. The van der Waals surface area contributed by atoms with Gasteiger partial charge in [-0.15, -0.1) is 0 Å². The monoisotopic (exact) mass is 181 g/mol. The zero-order valence-electron chi connectivity index (χ0n) is 8.92. The molecule has 0 aromatic carbocycles. The van der Waals surface area contributed by atoms with Gasteiger partial charge in [0.05, 0.1) is 6.54 Å². The van der Waals surface area contributed by atoms with Crippen molar-refractivity contribution in [1.29, 1.82) is 0 Å². The molecule has 0 aliphatic carbocycles. The number of furan rings is 1. The summed E-state index contributed by atoms with van der Waals surface area (Å²) in [5, 5.41) is 3.42. The topological polar surface area (TPSA) is 25.2 Å². The molecule has 2 heteroatoms. The minimum absolute atomic E-state index is 0.533. The van der Waals surface area contributed by atoms with Crippen molar-refractivity contribution in [3.8, 4) is 0 Å². The summed E-state index contributed by atoms with van der Waals surface area (Å²) in [6.45, 7) is 9.42. The second-order valence-corrected chi connectivity index (χ2v) is 3.93. The van der Waals surface area contributed by atoms with E-state index in [-0.39, 0.29) is 0 Å². The summed E-state index contributed by atoms with van der Waals surface area (Å²) in [4.78, 5) is 0. The molecular weight excluding hydrogens is 162 g/mol. The van der Waals surface area contributed by atoms with Gasteiger partial charge in [-0.05, 0) is 31.9 Å². The molecule has 1 aromatic heterocycles. The van der Waals surface area contributed by atoms with Crippen LogP contribution in [0.3, 0.4) is 0 Å². The number of aryl methyl sites for hydroxylation is 1. The van der Waals surface area contributed by atoms with E-state index in [4.69, 9.17) is 4.42 Å². The molecular formula is C11H19NO. The average molecular weight is 181 g/mol. The predicted octanol–water partition coefficient (Wildman–Crippen LogP) is 2.72. The first-order valence-corrected chi connectivity index (χ1v) is 4.88. The van der Waals surface area contributed by atoms with Crippen LogP contribution in [-0.4, -0.2) is 6.04 Å². The molecule has 0 aliphatic heterocycles. The molecule has 0 fully saturated rings. The fourth-order valence-corrected chi connectivity index (χ4v) is 1.08. The summed E-state index contributed by atoms with van der Waals surface area (Å²) in [5.41, 5.74) is 0. The summed E-state index contributed by atoms with van der Waals surface area (Å²) >= 11 is 0. The fourth-order valence-electron chi connectivity index (χ4n) is 1.08. The highest BCUT2D eigenvalue weighted by Gasteiger charge is 2.06. The third-order valence-electron chi connectivity index (χ3n) is 2.39. The minimum Gasteiger partial charge on any atom is -0.465 e. The van der Waals surface area contributed by atoms with Crippen LogP contribution in [0.5, 0.6) is 0 Å². The molecule has 0 radical (unpaired) electrons. The lowest BCUT2D eigenvalue weighted by Gasteiger charge is -2.16. The third-order valence-corrected chi connectivity index (χ3v) is 2.39. The molecule has 0 saturated heterocycles. The van der Waals surface area contributed by atoms with E-state index in [9.17, 15) is 0 Å². The highest BCUT2D eigenvalue weighted by molar-refractivity contribution is 5.05. The first-order valence-electron chi connectivity index (χ1n) is 4.88. The van der Waals surface area contributed by atoms with Crippen LogP contribution in [0.25, 0.3) is 0 Å². The molecule has 1 atom stereocenters. The quantitative estimate of drug-likeness (QED) is 0.772. The van der Waals surface area contributed by atoms with Crippen molar-refractivity contribution in [3.05, 3.63) is 23.7 Å². The summed E-state index contributed by atoms with van der Waals surface area (Å²) in [7, 11) is 0. The van der Waals surface area contributed by atoms with E-state index in [2.05, 4.69) is 26.1 Å². The SMILES string of the molecule is Cc1ccc(CNC(C)C(C)C)o1. The average Bonchev–Trinajstić information content (AvgIpc) is 2.47. The molecule has 1 unspecified atom stereocenters. The second kappa shape index (κ2) is 4.47. The van der Waals surface area contributed by atoms with Crippen LogP contribution in [0.15, 0.2) is 16.5 Å². The molecule has 1 aromatic rings. The van der Waals surface area contributed by atoms with Gasteiger partial charge in [-0.1, -0.05) is 13.8 Å². The van der Waals surface area contributed by atoms with E-state index in [1.54, 1.807) is 0 Å². The minimum atomic E-state index is 0.533. The molecule has 0 aliphatic rings. The smallest absolute Gasteiger partial charge is 0.117 e. The van der Waals surface area contributed by atoms with Crippen LogP contribution >= 0.6 is 0 Å². The predicted molar refractivity (Wildman–Crippen MR) is 54.6 cm³/mol. The first-order chi connectivity index (χ1) is 6.09. The largest absolute Gasteiger partial charge is 0.465 e. The molecule has 13 heavy (non-hydrogen) atoms. The fraction of sp³-hybridized carbons (Fsp3) is 0.636. The van der Waals surface area contributed by atoms with Crippen LogP contribution in [0, 0.1) is 12.8 Å². The van der Waals surface area contributed by atoms with Crippen molar-refractivity contribution in [2.45, 2.75) is 40.3 Å². The number of hydrogen-bond acceptors (Lipinski definition) is 2. The lowest BCUT2D eigenvalue weighted by atomic mass is 10.1. The Morgan fingerprint density at radius 2 is 2.00 bits per heavy atom. The second-order valence-electron chi connectivity index (χ2n) is 3.93. The number of hydrogen-bond donors (Lipinski definition) is 1. The Balaban J connectivity index is 2.35. The first kappa shape index (κ1) is 10.3. The van der Waals surface area contributed by atoms with Gasteiger partial charge in [0, 0.05) is 6.04 Å². The Morgan fingerprint density at radius 1 is 1.31 bits per heavy atom. The van der Waals surface area contributed by atoms with Crippen molar-refractivity contribution in [2.75, 3.05) is 0 Å². The maximum Gasteiger partial charge on any atom is 0.117 e. The van der Waals surface area contributed by atoms with Gasteiger partial charge in [0.2, 0.25) is 0 Å². The molecule has 1 heterocycles. The molecule has 0 amide bonds. The van der Waals surface area contributed by atoms with Gasteiger partial charge < -0.3 is 9.73 Å². The Labute approximate surface area is 80.3 Å². The van der Waals surface area contributed by atoms with E-state index in [0.717, 1.165) is 18.1 Å². The summed E-state index contributed by atoms with van der Waals surface area (Å²) < 4.78 is 5.45. The van der Waals surface area contributed by atoms with Gasteiger partial charge in [-0.25, -0.2) is 0 Å². The van der Waals surface area contributed by atoms with E-state index >= 15 is 0 Å². The van der Waals surface area contributed by atoms with Crippen LogP contribution in [0.2, 0.25) is 0 Å². The van der Waals surface area contributed by atoms with Crippen molar-refractivity contribution in [1.82, 2.24) is 5.32 Å². The van der Waals surface area contributed by atoms with E-state index in [1.807, 2.05) is 19.1 Å². The molecule has 0 spiro atoms. The Kier molecular flexibility index (Phi) is 3.55. The van der Waals surface area contributed by atoms with Crippen molar-refractivity contribution in [2.24, 2.45) is 5.92 Å². The van der Waals surface area contributed by atoms with Crippen LogP contribution in [0.4, 0.5) is 0 Å². The molecule has 2 nitrogen and oxygen atoms in total.